The second kappa shape index (κ2) is 9.86. The number of benzene rings is 1. The monoisotopic (exact) mass is 487 g/mol. The van der Waals surface area contributed by atoms with Gasteiger partial charge in [-0.2, -0.15) is 0 Å². The number of rotatable bonds is 9. The number of amides is 1. The lowest BCUT2D eigenvalue weighted by Gasteiger charge is -2.16. The number of imidazole rings is 1. The lowest BCUT2D eigenvalue weighted by molar-refractivity contribution is 0.0998. The summed E-state index contributed by atoms with van der Waals surface area (Å²) in [6.07, 6.45) is 4.86. The minimum atomic E-state index is -0.573. The van der Waals surface area contributed by atoms with Crippen LogP contribution < -0.4 is 10.5 Å². The van der Waals surface area contributed by atoms with Gasteiger partial charge in [-0.05, 0) is 20.0 Å². The van der Waals surface area contributed by atoms with Crippen molar-refractivity contribution in [3.8, 4) is 16.3 Å². The minimum absolute atomic E-state index is 0.316. The first kappa shape index (κ1) is 23.2. The van der Waals surface area contributed by atoms with E-state index in [9.17, 15) is 9.18 Å². The molecule has 7 nitrogen and oxygen atoms in total. The fourth-order valence-electron chi connectivity index (χ4n) is 3.51. The van der Waals surface area contributed by atoms with E-state index >= 15 is 0 Å². The zero-order valence-electron chi connectivity index (χ0n) is 18.2. The number of hydrogen-bond donors (Lipinski definition) is 1. The molecule has 33 heavy (non-hydrogen) atoms. The van der Waals surface area contributed by atoms with Crippen LogP contribution in [-0.4, -0.2) is 45.4 Å². The Bertz CT molecular complexity index is 1290. The van der Waals surface area contributed by atoms with Gasteiger partial charge in [0.15, 0.2) is 5.65 Å². The van der Waals surface area contributed by atoms with Crippen molar-refractivity contribution in [1.82, 2.24) is 19.3 Å². The molecule has 1 aromatic carbocycles. The Kier molecular flexibility index (Phi) is 6.92. The molecule has 0 fully saturated rings. The van der Waals surface area contributed by atoms with E-state index < -0.39 is 12.6 Å². The van der Waals surface area contributed by atoms with E-state index in [1.165, 1.54) is 11.3 Å². The van der Waals surface area contributed by atoms with E-state index in [0.717, 1.165) is 21.8 Å². The number of halogens is 2. The van der Waals surface area contributed by atoms with Gasteiger partial charge in [0.2, 0.25) is 0 Å². The van der Waals surface area contributed by atoms with E-state index in [4.69, 9.17) is 22.1 Å². The second-order valence-electron chi connectivity index (χ2n) is 7.63. The molecule has 0 spiro atoms. The van der Waals surface area contributed by atoms with E-state index in [1.807, 2.05) is 47.7 Å². The summed E-state index contributed by atoms with van der Waals surface area (Å²) in [6, 6.07) is 9.18. The predicted molar refractivity (Wildman–Crippen MR) is 128 cm³/mol. The molecule has 0 saturated heterocycles. The van der Waals surface area contributed by atoms with Gasteiger partial charge in [-0.1, -0.05) is 29.8 Å². The molecule has 10 heteroatoms. The van der Waals surface area contributed by atoms with Crippen LogP contribution in [0.1, 0.15) is 34.0 Å². The zero-order valence-corrected chi connectivity index (χ0v) is 19.7. The average Bonchev–Trinajstić information content (AvgIpc) is 3.38. The molecule has 1 atom stereocenters. The largest absolute Gasteiger partial charge is 0.484 e. The summed E-state index contributed by atoms with van der Waals surface area (Å²) in [5, 5.41) is 0.584. The Labute approximate surface area is 199 Å². The molecule has 1 unspecified atom stereocenters. The molecule has 0 saturated carbocycles. The Hall–Kier alpha value is -3.01. The van der Waals surface area contributed by atoms with Crippen LogP contribution in [0.3, 0.4) is 0 Å². The predicted octanol–water partition coefficient (Wildman–Crippen LogP) is 4.75. The maximum absolute atomic E-state index is 12.6. The van der Waals surface area contributed by atoms with Gasteiger partial charge < -0.3 is 10.5 Å². The Morgan fingerprint density at radius 2 is 2.12 bits per heavy atom. The van der Waals surface area contributed by atoms with Gasteiger partial charge in [0.25, 0.3) is 5.91 Å². The molecular formula is C23H23ClFN5O2S. The topological polar surface area (TPSA) is 85.8 Å². The van der Waals surface area contributed by atoms with E-state index in [2.05, 4.69) is 9.97 Å². The highest BCUT2D eigenvalue weighted by Gasteiger charge is 2.21. The van der Waals surface area contributed by atoms with Crippen LogP contribution in [0.4, 0.5) is 4.39 Å². The number of hydrogen-bond acceptors (Lipinski definition) is 6. The minimum Gasteiger partial charge on any atom is -0.484 e. The molecule has 3 heterocycles. The zero-order chi connectivity index (χ0) is 23.5. The summed E-state index contributed by atoms with van der Waals surface area (Å²) in [6.45, 7) is 2.27. The molecule has 4 rings (SSSR count). The third-order valence-electron chi connectivity index (χ3n) is 5.17. The number of ether oxygens (including phenoxy) is 1. The molecular weight excluding hydrogens is 465 g/mol. The molecule has 4 aromatic rings. The number of fused-ring (bicyclic) bond motifs is 1. The first-order valence-corrected chi connectivity index (χ1v) is 11.5. The van der Waals surface area contributed by atoms with Gasteiger partial charge in [0.05, 0.1) is 28.7 Å². The van der Waals surface area contributed by atoms with E-state index in [-0.39, 0.29) is 6.10 Å². The first-order chi connectivity index (χ1) is 15.9. The molecule has 172 valence electrons. The number of carbonyl (C=O) groups is 1. The van der Waals surface area contributed by atoms with Crippen molar-refractivity contribution in [3.63, 3.8) is 0 Å². The van der Waals surface area contributed by atoms with Crippen LogP contribution in [0.15, 0.2) is 48.9 Å². The smallest absolute Gasteiger partial charge is 0.262 e. The average molecular weight is 488 g/mol. The lowest BCUT2D eigenvalue weighted by atomic mass is 10.1. The highest BCUT2D eigenvalue weighted by Crippen LogP contribution is 2.39. The molecule has 0 aliphatic rings. The Morgan fingerprint density at radius 1 is 1.33 bits per heavy atom. The van der Waals surface area contributed by atoms with Crippen molar-refractivity contribution < 1.29 is 13.9 Å². The van der Waals surface area contributed by atoms with Crippen molar-refractivity contribution in [2.45, 2.75) is 19.6 Å². The number of alkyl halides is 1. The van der Waals surface area contributed by atoms with Gasteiger partial charge in [-0.3, -0.25) is 19.1 Å². The third-order valence-corrected chi connectivity index (χ3v) is 6.67. The SMILES string of the molecule is CC(Oc1cc(-c2cnc3cnc(CN(C)CCF)cn23)sc1C(N)=O)c1ccccc1Cl. The van der Waals surface area contributed by atoms with Gasteiger partial charge in [0.1, 0.15) is 23.4 Å². The molecule has 1 amide bonds. The normalized spacial score (nSPS) is 12.4. The number of thiophene rings is 1. The van der Waals surface area contributed by atoms with Crippen LogP contribution in [0.5, 0.6) is 5.75 Å². The molecule has 3 aromatic heterocycles. The highest BCUT2D eigenvalue weighted by atomic mass is 35.5. The van der Waals surface area contributed by atoms with E-state index in [0.29, 0.717) is 34.4 Å². The summed E-state index contributed by atoms with van der Waals surface area (Å²) in [5.41, 5.74) is 8.65. The Morgan fingerprint density at radius 3 is 2.85 bits per heavy atom. The van der Waals surface area contributed by atoms with Crippen LogP contribution >= 0.6 is 22.9 Å². The third kappa shape index (κ3) is 5.00. The van der Waals surface area contributed by atoms with E-state index in [1.54, 1.807) is 24.5 Å². The standard InChI is InChI=1S/C23H23ClFN5O2S/c1-14(16-5-3-4-6-17(16)24)32-19-9-20(33-22(19)23(26)31)18-10-28-21-11-27-15(13-30(18)21)12-29(2)8-7-25/h3-6,9-11,13-14H,7-8,12H2,1-2H3,(H2,26,31). The fraction of sp³-hybridized carbons (Fsp3) is 0.261. The van der Waals surface area contributed by atoms with Crippen LogP contribution in [0.25, 0.3) is 16.2 Å². The fourth-order valence-corrected chi connectivity index (χ4v) is 4.75. The van der Waals surface area contributed by atoms with Crippen molar-refractivity contribution in [2.24, 2.45) is 5.73 Å². The van der Waals surface area contributed by atoms with Gasteiger partial charge >= 0.3 is 0 Å². The maximum Gasteiger partial charge on any atom is 0.262 e. The molecule has 0 aliphatic carbocycles. The number of carbonyl (C=O) groups excluding carboxylic acids is 1. The first-order valence-electron chi connectivity index (χ1n) is 10.3. The van der Waals surface area contributed by atoms with Crippen LogP contribution in [0, 0.1) is 0 Å². The highest BCUT2D eigenvalue weighted by molar-refractivity contribution is 7.17. The second-order valence-corrected chi connectivity index (χ2v) is 9.09. The van der Waals surface area contributed by atoms with Crippen molar-refractivity contribution >= 4 is 34.5 Å². The van der Waals surface area contributed by atoms with Crippen molar-refractivity contribution in [1.29, 1.82) is 0 Å². The summed E-state index contributed by atoms with van der Waals surface area (Å²) >= 11 is 7.53. The van der Waals surface area contributed by atoms with Gasteiger partial charge in [-0.25, -0.2) is 9.37 Å². The number of aromatic nitrogens is 3. The maximum atomic E-state index is 12.6. The lowest BCUT2D eigenvalue weighted by Crippen LogP contribution is -2.21. The van der Waals surface area contributed by atoms with Crippen molar-refractivity contribution in [3.05, 3.63) is 70.1 Å². The van der Waals surface area contributed by atoms with Gasteiger partial charge in [-0.15, -0.1) is 11.3 Å². The Balaban J connectivity index is 1.68. The summed E-state index contributed by atoms with van der Waals surface area (Å²) in [7, 11) is 1.84. The molecule has 0 bridgehead atoms. The van der Waals surface area contributed by atoms with Crippen LogP contribution in [0.2, 0.25) is 5.02 Å². The molecule has 2 N–H and O–H groups in total. The van der Waals surface area contributed by atoms with Crippen LogP contribution in [-0.2, 0) is 6.54 Å². The number of nitrogens with two attached hydrogens (primary N) is 1. The number of nitrogens with zero attached hydrogens (tertiary/aromatic N) is 4. The molecule has 0 aliphatic heterocycles. The summed E-state index contributed by atoms with van der Waals surface area (Å²) < 4.78 is 20.6. The summed E-state index contributed by atoms with van der Waals surface area (Å²) in [5.74, 6) is -0.182. The van der Waals surface area contributed by atoms with Crippen molar-refractivity contribution in [2.75, 3.05) is 20.3 Å². The van der Waals surface area contributed by atoms with Gasteiger partial charge in [0, 0.05) is 35.9 Å². The summed E-state index contributed by atoms with van der Waals surface area (Å²) in [4.78, 5) is 23.9. The quantitative estimate of drug-likeness (QED) is 0.368. The molecule has 0 radical (unpaired) electrons. The number of primary amides is 1.